The summed E-state index contributed by atoms with van der Waals surface area (Å²) in [7, 11) is 0. The van der Waals surface area contributed by atoms with Gasteiger partial charge in [0.15, 0.2) is 0 Å². The zero-order chi connectivity index (χ0) is 14.2. The molecule has 0 saturated heterocycles. The molecule has 0 aliphatic heterocycles. The van der Waals surface area contributed by atoms with Crippen LogP contribution in [0.25, 0.3) is 0 Å². The van der Waals surface area contributed by atoms with Gasteiger partial charge in [-0.1, -0.05) is 50.5 Å². The molecule has 1 N–H and O–H groups in total. The fourth-order valence-electron chi connectivity index (χ4n) is 4.99. The topological polar surface area (TPSA) is 12.0 Å². The van der Waals surface area contributed by atoms with Gasteiger partial charge in [-0.15, -0.1) is 0 Å². The SMILES string of the molecule is CCNC(c1cccc(C2CCC2)c1)C1C2CCCCC21. The molecule has 1 nitrogen and oxygen atoms in total. The molecule has 3 atom stereocenters. The Morgan fingerprint density at radius 3 is 2.43 bits per heavy atom. The quantitative estimate of drug-likeness (QED) is 0.798. The number of nitrogens with one attached hydrogen (secondary N) is 1. The highest BCUT2D eigenvalue weighted by Crippen LogP contribution is 2.60. The zero-order valence-electron chi connectivity index (χ0n) is 13.4. The lowest BCUT2D eigenvalue weighted by atomic mass is 9.79. The highest BCUT2D eigenvalue weighted by Gasteiger charge is 2.54. The fourth-order valence-corrected chi connectivity index (χ4v) is 4.99. The van der Waals surface area contributed by atoms with Crippen molar-refractivity contribution in [1.82, 2.24) is 5.32 Å². The summed E-state index contributed by atoms with van der Waals surface area (Å²) in [6.07, 6.45) is 10.2. The van der Waals surface area contributed by atoms with Crippen LogP contribution < -0.4 is 5.32 Å². The molecule has 3 saturated carbocycles. The third-order valence-electron chi connectivity index (χ3n) is 6.38. The molecule has 3 aliphatic rings. The second-order valence-electron chi connectivity index (χ2n) is 7.52. The minimum atomic E-state index is 0.614. The molecule has 0 amide bonds. The normalized spacial score (nSPS) is 33.1. The Kier molecular flexibility index (Phi) is 3.79. The van der Waals surface area contributed by atoms with Crippen LogP contribution in [0.1, 0.15) is 75.0 Å². The van der Waals surface area contributed by atoms with Crippen LogP contribution in [-0.4, -0.2) is 6.54 Å². The van der Waals surface area contributed by atoms with Crippen molar-refractivity contribution in [1.29, 1.82) is 0 Å². The van der Waals surface area contributed by atoms with Gasteiger partial charge in [0.1, 0.15) is 0 Å². The Bertz CT molecular complexity index is 478. The first-order valence-electron chi connectivity index (χ1n) is 9.21. The number of fused-ring (bicyclic) bond motifs is 1. The average Bonchev–Trinajstić information content (AvgIpc) is 3.17. The first-order chi connectivity index (χ1) is 10.4. The van der Waals surface area contributed by atoms with Crippen LogP contribution in [0, 0.1) is 17.8 Å². The summed E-state index contributed by atoms with van der Waals surface area (Å²) in [5, 5.41) is 3.82. The van der Waals surface area contributed by atoms with Crippen molar-refractivity contribution in [3.63, 3.8) is 0 Å². The number of hydrogen-bond acceptors (Lipinski definition) is 1. The molecule has 0 spiro atoms. The van der Waals surface area contributed by atoms with Crippen molar-refractivity contribution < 1.29 is 0 Å². The average molecular weight is 283 g/mol. The van der Waals surface area contributed by atoms with Crippen molar-refractivity contribution in [3.8, 4) is 0 Å². The van der Waals surface area contributed by atoms with Gasteiger partial charge in [-0.2, -0.15) is 0 Å². The maximum Gasteiger partial charge on any atom is 0.0354 e. The van der Waals surface area contributed by atoms with E-state index in [4.69, 9.17) is 0 Å². The predicted octanol–water partition coefficient (Wildman–Crippen LogP) is 5.04. The highest BCUT2D eigenvalue weighted by molar-refractivity contribution is 5.31. The lowest BCUT2D eigenvalue weighted by Gasteiger charge is -2.27. The van der Waals surface area contributed by atoms with E-state index in [1.165, 1.54) is 44.9 Å². The predicted molar refractivity (Wildman–Crippen MR) is 88.4 cm³/mol. The van der Waals surface area contributed by atoms with Crippen molar-refractivity contribution in [2.45, 2.75) is 63.8 Å². The van der Waals surface area contributed by atoms with Gasteiger partial charge >= 0.3 is 0 Å². The Hall–Kier alpha value is -0.820. The first kappa shape index (κ1) is 13.8. The Labute approximate surface area is 129 Å². The molecular formula is C20H29N. The van der Waals surface area contributed by atoms with Crippen LogP contribution in [0.3, 0.4) is 0 Å². The lowest BCUT2D eigenvalue weighted by Crippen LogP contribution is -2.24. The fraction of sp³-hybridized carbons (Fsp3) is 0.700. The van der Waals surface area contributed by atoms with Gasteiger partial charge in [0, 0.05) is 6.04 Å². The minimum Gasteiger partial charge on any atom is -0.310 e. The smallest absolute Gasteiger partial charge is 0.0354 e. The molecule has 21 heavy (non-hydrogen) atoms. The largest absolute Gasteiger partial charge is 0.310 e. The van der Waals surface area contributed by atoms with E-state index in [1.807, 2.05) is 0 Å². The standard InChI is InChI=1S/C20H29N/c1-2-21-20(19-17-11-3-4-12-18(17)19)16-10-6-9-15(13-16)14-7-5-8-14/h6,9-10,13-14,17-21H,2-5,7-8,11-12H2,1H3. The van der Waals surface area contributed by atoms with Crippen molar-refractivity contribution >= 4 is 0 Å². The van der Waals surface area contributed by atoms with E-state index >= 15 is 0 Å². The molecular weight excluding hydrogens is 254 g/mol. The molecule has 1 aromatic carbocycles. The summed E-state index contributed by atoms with van der Waals surface area (Å²) in [5.41, 5.74) is 3.17. The molecule has 114 valence electrons. The van der Waals surface area contributed by atoms with Crippen LogP contribution in [0.15, 0.2) is 24.3 Å². The van der Waals surface area contributed by atoms with Gasteiger partial charge in [0.2, 0.25) is 0 Å². The number of benzene rings is 1. The van der Waals surface area contributed by atoms with Gasteiger partial charge in [-0.05, 0) is 67.0 Å². The van der Waals surface area contributed by atoms with Crippen molar-refractivity contribution in [2.75, 3.05) is 6.54 Å². The summed E-state index contributed by atoms with van der Waals surface area (Å²) in [6, 6.07) is 10.2. The maximum absolute atomic E-state index is 3.82. The summed E-state index contributed by atoms with van der Waals surface area (Å²) in [6.45, 7) is 3.35. The highest BCUT2D eigenvalue weighted by atomic mass is 14.9. The third kappa shape index (κ3) is 2.54. The second kappa shape index (κ2) is 5.76. The molecule has 0 bridgehead atoms. The number of rotatable bonds is 5. The van der Waals surface area contributed by atoms with Crippen LogP contribution in [-0.2, 0) is 0 Å². The Balaban J connectivity index is 1.56. The lowest BCUT2D eigenvalue weighted by molar-refractivity contribution is 0.417. The second-order valence-corrected chi connectivity index (χ2v) is 7.52. The van der Waals surface area contributed by atoms with E-state index in [0.717, 1.165) is 30.2 Å². The molecule has 0 heterocycles. The molecule has 1 aromatic rings. The molecule has 3 aliphatic carbocycles. The third-order valence-corrected chi connectivity index (χ3v) is 6.38. The Morgan fingerprint density at radius 1 is 1.05 bits per heavy atom. The van der Waals surface area contributed by atoms with Crippen LogP contribution in [0.5, 0.6) is 0 Å². The first-order valence-corrected chi connectivity index (χ1v) is 9.21. The molecule has 3 unspecified atom stereocenters. The zero-order valence-corrected chi connectivity index (χ0v) is 13.4. The van der Waals surface area contributed by atoms with E-state index in [1.54, 1.807) is 11.1 Å². The van der Waals surface area contributed by atoms with Gasteiger partial charge in [0.05, 0.1) is 0 Å². The molecule has 3 fully saturated rings. The molecule has 4 rings (SSSR count). The minimum absolute atomic E-state index is 0.614. The van der Waals surface area contributed by atoms with E-state index in [9.17, 15) is 0 Å². The van der Waals surface area contributed by atoms with Crippen molar-refractivity contribution in [3.05, 3.63) is 35.4 Å². The van der Waals surface area contributed by atoms with Crippen molar-refractivity contribution in [2.24, 2.45) is 17.8 Å². The molecule has 0 aromatic heterocycles. The summed E-state index contributed by atoms with van der Waals surface area (Å²) < 4.78 is 0. The van der Waals surface area contributed by atoms with Gasteiger partial charge in [0.25, 0.3) is 0 Å². The summed E-state index contributed by atoms with van der Waals surface area (Å²) in [5.74, 6) is 3.82. The van der Waals surface area contributed by atoms with Gasteiger partial charge in [-0.25, -0.2) is 0 Å². The van der Waals surface area contributed by atoms with Gasteiger partial charge < -0.3 is 5.32 Å². The summed E-state index contributed by atoms with van der Waals surface area (Å²) >= 11 is 0. The maximum atomic E-state index is 3.82. The summed E-state index contributed by atoms with van der Waals surface area (Å²) in [4.78, 5) is 0. The van der Waals surface area contributed by atoms with Crippen LogP contribution in [0.4, 0.5) is 0 Å². The Morgan fingerprint density at radius 2 is 1.81 bits per heavy atom. The van der Waals surface area contributed by atoms with E-state index in [-0.39, 0.29) is 0 Å². The van der Waals surface area contributed by atoms with Gasteiger partial charge in [-0.3, -0.25) is 0 Å². The van der Waals surface area contributed by atoms with E-state index in [0.29, 0.717) is 6.04 Å². The van der Waals surface area contributed by atoms with E-state index in [2.05, 4.69) is 36.5 Å². The van der Waals surface area contributed by atoms with Crippen LogP contribution >= 0.6 is 0 Å². The molecule has 1 heteroatoms. The monoisotopic (exact) mass is 283 g/mol. The molecule has 0 radical (unpaired) electrons. The van der Waals surface area contributed by atoms with E-state index < -0.39 is 0 Å². The number of hydrogen-bond donors (Lipinski definition) is 1. The van der Waals surface area contributed by atoms with Crippen LogP contribution in [0.2, 0.25) is 0 Å².